The zero-order valence-corrected chi connectivity index (χ0v) is 16.1. The van der Waals surface area contributed by atoms with E-state index in [1.807, 2.05) is 60.7 Å². The molecule has 0 saturated heterocycles. The molecular formula is C21H20BrNO3. The molecule has 0 bridgehead atoms. The van der Waals surface area contributed by atoms with Crippen molar-refractivity contribution in [1.82, 2.24) is 5.32 Å². The molecule has 0 spiro atoms. The van der Waals surface area contributed by atoms with Gasteiger partial charge in [0.2, 0.25) is 0 Å². The van der Waals surface area contributed by atoms with Crippen LogP contribution in [0.2, 0.25) is 0 Å². The van der Waals surface area contributed by atoms with E-state index >= 15 is 0 Å². The topological polar surface area (TPSA) is 47.6 Å². The van der Waals surface area contributed by atoms with Crippen molar-refractivity contribution < 1.29 is 14.3 Å². The molecule has 0 radical (unpaired) electrons. The van der Waals surface area contributed by atoms with Gasteiger partial charge in [-0.3, -0.25) is 4.79 Å². The molecule has 1 N–H and O–H groups in total. The van der Waals surface area contributed by atoms with Gasteiger partial charge in [0.05, 0.1) is 7.11 Å². The Balaban J connectivity index is 1.45. The first-order valence-electron chi connectivity index (χ1n) is 8.36. The number of carbonyl (C=O) groups is 1. The molecule has 134 valence electrons. The molecule has 3 rings (SSSR count). The van der Waals surface area contributed by atoms with Crippen LogP contribution >= 0.6 is 15.9 Å². The predicted octanol–water partition coefficient (Wildman–Crippen LogP) is 4.35. The standard InChI is InChI=1S/C21H20BrNO3/c1-25-19-7-2-15(3-8-19)10-11-23-21(24)14-26-20-9-5-16-12-18(22)6-4-17(16)13-20/h2-9,12-13H,10-11,14H2,1H3,(H,23,24). The Morgan fingerprint density at radius 1 is 0.962 bits per heavy atom. The Kier molecular flexibility index (Phi) is 6.12. The van der Waals surface area contributed by atoms with Gasteiger partial charge < -0.3 is 14.8 Å². The molecule has 0 aliphatic rings. The highest BCUT2D eigenvalue weighted by Gasteiger charge is 2.04. The van der Waals surface area contributed by atoms with E-state index in [9.17, 15) is 4.79 Å². The van der Waals surface area contributed by atoms with Gasteiger partial charge in [0.25, 0.3) is 5.91 Å². The summed E-state index contributed by atoms with van der Waals surface area (Å²) in [7, 11) is 1.64. The lowest BCUT2D eigenvalue weighted by Crippen LogP contribution is -2.30. The molecule has 4 nitrogen and oxygen atoms in total. The molecule has 1 amide bonds. The van der Waals surface area contributed by atoms with Crippen molar-refractivity contribution >= 4 is 32.6 Å². The quantitative estimate of drug-likeness (QED) is 0.626. The highest BCUT2D eigenvalue weighted by Crippen LogP contribution is 2.24. The van der Waals surface area contributed by atoms with Crippen LogP contribution in [0.15, 0.2) is 65.1 Å². The Morgan fingerprint density at radius 2 is 1.65 bits per heavy atom. The summed E-state index contributed by atoms with van der Waals surface area (Å²) >= 11 is 3.46. The zero-order valence-electron chi connectivity index (χ0n) is 14.5. The Morgan fingerprint density at radius 3 is 2.42 bits per heavy atom. The van der Waals surface area contributed by atoms with Crippen molar-refractivity contribution in [3.63, 3.8) is 0 Å². The van der Waals surface area contributed by atoms with E-state index in [1.165, 1.54) is 0 Å². The molecule has 0 unspecified atom stereocenters. The lowest BCUT2D eigenvalue weighted by atomic mass is 10.1. The van der Waals surface area contributed by atoms with Gasteiger partial charge in [0.15, 0.2) is 6.61 Å². The van der Waals surface area contributed by atoms with E-state index in [1.54, 1.807) is 7.11 Å². The summed E-state index contributed by atoms with van der Waals surface area (Å²) in [5.41, 5.74) is 1.15. The van der Waals surface area contributed by atoms with E-state index in [0.29, 0.717) is 12.3 Å². The molecule has 0 fully saturated rings. The maximum atomic E-state index is 12.0. The summed E-state index contributed by atoms with van der Waals surface area (Å²) in [5, 5.41) is 5.07. The smallest absolute Gasteiger partial charge is 0.257 e. The maximum Gasteiger partial charge on any atom is 0.257 e. The zero-order chi connectivity index (χ0) is 18.4. The van der Waals surface area contributed by atoms with Gasteiger partial charge in [-0.2, -0.15) is 0 Å². The van der Waals surface area contributed by atoms with Crippen LogP contribution in [0.25, 0.3) is 10.8 Å². The van der Waals surface area contributed by atoms with E-state index in [2.05, 4.69) is 21.2 Å². The minimum atomic E-state index is -0.130. The first-order valence-corrected chi connectivity index (χ1v) is 9.15. The summed E-state index contributed by atoms with van der Waals surface area (Å²) in [5.74, 6) is 1.38. The second-order valence-corrected chi connectivity index (χ2v) is 6.81. The third-order valence-corrected chi connectivity index (χ3v) is 4.53. The Bertz CT molecular complexity index is 893. The number of benzene rings is 3. The van der Waals surface area contributed by atoms with Gasteiger partial charge >= 0.3 is 0 Å². The van der Waals surface area contributed by atoms with Gasteiger partial charge in [-0.15, -0.1) is 0 Å². The van der Waals surface area contributed by atoms with Gasteiger partial charge in [0.1, 0.15) is 11.5 Å². The molecule has 0 saturated carbocycles. The number of ether oxygens (including phenoxy) is 2. The van der Waals surface area contributed by atoms with Gasteiger partial charge in [-0.05, 0) is 59.2 Å². The van der Waals surface area contributed by atoms with Crippen LogP contribution in [-0.4, -0.2) is 26.2 Å². The fraction of sp³-hybridized carbons (Fsp3) is 0.190. The minimum Gasteiger partial charge on any atom is -0.497 e. The summed E-state index contributed by atoms with van der Waals surface area (Å²) < 4.78 is 11.8. The van der Waals surface area contributed by atoms with Crippen molar-refractivity contribution in [1.29, 1.82) is 0 Å². The average molecular weight is 414 g/mol. The van der Waals surface area contributed by atoms with Crippen LogP contribution < -0.4 is 14.8 Å². The number of fused-ring (bicyclic) bond motifs is 1. The number of methoxy groups -OCH3 is 1. The maximum absolute atomic E-state index is 12.0. The van der Waals surface area contributed by atoms with Crippen LogP contribution in [-0.2, 0) is 11.2 Å². The van der Waals surface area contributed by atoms with Crippen LogP contribution in [0.3, 0.4) is 0 Å². The number of hydrogen-bond donors (Lipinski definition) is 1. The normalized spacial score (nSPS) is 10.5. The van der Waals surface area contributed by atoms with Crippen molar-refractivity contribution in [2.45, 2.75) is 6.42 Å². The molecule has 0 aliphatic heterocycles. The van der Waals surface area contributed by atoms with Crippen LogP contribution in [0.5, 0.6) is 11.5 Å². The molecule has 5 heteroatoms. The first kappa shape index (κ1) is 18.3. The summed E-state index contributed by atoms with van der Waals surface area (Å²) in [4.78, 5) is 12.0. The van der Waals surface area contributed by atoms with Crippen molar-refractivity contribution in [3.8, 4) is 11.5 Å². The number of nitrogens with one attached hydrogen (secondary N) is 1. The van der Waals surface area contributed by atoms with Gasteiger partial charge in [-0.1, -0.05) is 40.2 Å². The Hall–Kier alpha value is -2.53. The number of rotatable bonds is 7. The summed E-state index contributed by atoms with van der Waals surface area (Å²) in [6.45, 7) is 0.574. The Labute approximate surface area is 161 Å². The fourth-order valence-corrected chi connectivity index (χ4v) is 3.00. The molecule has 0 atom stereocenters. The number of halogens is 1. The lowest BCUT2D eigenvalue weighted by Gasteiger charge is -2.09. The highest BCUT2D eigenvalue weighted by atomic mass is 79.9. The second kappa shape index (κ2) is 8.72. The van der Waals surface area contributed by atoms with Crippen LogP contribution in [0.4, 0.5) is 0 Å². The van der Waals surface area contributed by atoms with Gasteiger partial charge in [-0.25, -0.2) is 0 Å². The monoisotopic (exact) mass is 413 g/mol. The number of carbonyl (C=O) groups excluding carboxylic acids is 1. The largest absolute Gasteiger partial charge is 0.497 e. The molecule has 3 aromatic carbocycles. The van der Waals surface area contributed by atoms with Crippen LogP contribution in [0.1, 0.15) is 5.56 Å². The van der Waals surface area contributed by atoms with Crippen molar-refractivity contribution in [2.24, 2.45) is 0 Å². The molecule has 26 heavy (non-hydrogen) atoms. The fourth-order valence-electron chi connectivity index (χ4n) is 2.62. The highest BCUT2D eigenvalue weighted by molar-refractivity contribution is 9.10. The second-order valence-electron chi connectivity index (χ2n) is 5.89. The number of amides is 1. The van der Waals surface area contributed by atoms with E-state index in [-0.39, 0.29) is 12.5 Å². The number of hydrogen-bond acceptors (Lipinski definition) is 3. The minimum absolute atomic E-state index is 0.00461. The molecular weight excluding hydrogens is 394 g/mol. The van der Waals surface area contributed by atoms with Crippen LogP contribution in [0, 0.1) is 0 Å². The van der Waals surface area contributed by atoms with E-state index in [4.69, 9.17) is 9.47 Å². The van der Waals surface area contributed by atoms with E-state index in [0.717, 1.165) is 33.0 Å². The first-order chi connectivity index (χ1) is 12.6. The molecule has 0 aliphatic carbocycles. The van der Waals surface area contributed by atoms with Gasteiger partial charge in [0, 0.05) is 11.0 Å². The molecule has 3 aromatic rings. The third-order valence-electron chi connectivity index (χ3n) is 4.04. The van der Waals surface area contributed by atoms with Crippen molar-refractivity contribution in [3.05, 3.63) is 70.7 Å². The SMILES string of the molecule is COc1ccc(CCNC(=O)COc2ccc3cc(Br)ccc3c2)cc1. The third kappa shape index (κ3) is 4.99. The summed E-state index contributed by atoms with van der Waals surface area (Å²) in [6.07, 6.45) is 0.764. The molecule has 0 heterocycles. The molecule has 0 aromatic heterocycles. The predicted molar refractivity (Wildman–Crippen MR) is 107 cm³/mol. The van der Waals surface area contributed by atoms with E-state index < -0.39 is 0 Å². The lowest BCUT2D eigenvalue weighted by molar-refractivity contribution is -0.123. The average Bonchev–Trinajstić information content (AvgIpc) is 2.67. The summed E-state index contributed by atoms with van der Waals surface area (Å²) in [6, 6.07) is 19.7. The van der Waals surface area contributed by atoms with Crippen molar-refractivity contribution in [2.75, 3.05) is 20.3 Å².